The molecule has 2 aromatic rings. The molecule has 29 heavy (non-hydrogen) atoms. The quantitative estimate of drug-likeness (QED) is 0.608. The highest BCUT2D eigenvalue weighted by Gasteiger charge is 2.15. The van der Waals surface area contributed by atoms with Crippen molar-refractivity contribution >= 4 is 33.9 Å². The van der Waals surface area contributed by atoms with Crippen LogP contribution in [0.4, 0.5) is 0 Å². The van der Waals surface area contributed by atoms with Crippen molar-refractivity contribution in [2.24, 2.45) is 7.05 Å². The van der Waals surface area contributed by atoms with Gasteiger partial charge in [-0.1, -0.05) is 29.8 Å². The zero-order valence-corrected chi connectivity index (χ0v) is 16.7. The Labute approximate surface area is 168 Å². The van der Waals surface area contributed by atoms with Gasteiger partial charge in [-0.05, 0) is 30.7 Å². The predicted molar refractivity (Wildman–Crippen MR) is 106 cm³/mol. The van der Waals surface area contributed by atoms with Crippen LogP contribution in [0.15, 0.2) is 48.0 Å². The van der Waals surface area contributed by atoms with Gasteiger partial charge in [0.05, 0.1) is 0 Å². The lowest BCUT2D eigenvalue weighted by molar-refractivity contribution is -0.147. The Bertz CT molecular complexity index is 1020. The molecule has 0 aliphatic carbocycles. The summed E-state index contributed by atoms with van der Waals surface area (Å²) in [5, 5.41) is 2.99. The largest absolute Gasteiger partial charge is 0.455 e. The second-order valence-electron chi connectivity index (χ2n) is 6.12. The van der Waals surface area contributed by atoms with E-state index in [1.807, 2.05) is 23.8 Å². The Hall–Kier alpha value is -3.24. The van der Waals surface area contributed by atoms with E-state index in [1.54, 1.807) is 31.4 Å². The second-order valence-corrected chi connectivity index (χ2v) is 7.77. The van der Waals surface area contributed by atoms with Crippen LogP contribution in [0.25, 0.3) is 6.08 Å². The van der Waals surface area contributed by atoms with Crippen LogP contribution in [-0.2, 0) is 31.4 Å². The van der Waals surface area contributed by atoms with Crippen molar-refractivity contribution in [3.63, 3.8) is 0 Å². The van der Waals surface area contributed by atoms with Crippen molar-refractivity contribution in [1.29, 1.82) is 0 Å². The molecule has 0 saturated heterocycles. The van der Waals surface area contributed by atoms with Crippen LogP contribution in [0.5, 0.6) is 0 Å². The highest BCUT2D eigenvalue weighted by atomic mass is 32.2. The molecule has 2 N–H and O–H groups in total. The number of esters is 1. The summed E-state index contributed by atoms with van der Waals surface area (Å²) in [5.41, 5.74) is 1.99. The van der Waals surface area contributed by atoms with Crippen LogP contribution in [0.1, 0.15) is 21.6 Å². The van der Waals surface area contributed by atoms with Crippen molar-refractivity contribution in [3.05, 3.63) is 64.8 Å². The molecule has 9 nitrogen and oxygen atoms in total. The smallest absolute Gasteiger partial charge is 0.321 e. The van der Waals surface area contributed by atoms with Crippen LogP contribution in [-0.4, -0.2) is 43.9 Å². The number of rotatable bonds is 8. The number of amides is 2. The molecule has 0 aliphatic rings. The Morgan fingerprint density at radius 1 is 1.14 bits per heavy atom. The number of ether oxygens (including phenoxy) is 1. The fourth-order valence-electron chi connectivity index (χ4n) is 2.17. The average Bonchev–Trinajstić information content (AvgIpc) is 3.10. The molecule has 0 bridgehead atoms. The molecule has 0 spiro atoms. The van der Waals surface area contributed by atoms with E-state index >= 15 is 0 Å². The second kappa shape index (κ2) is 9.80. The summed E-state index contributed by atoms with van der Waals surface area (Å²) in [6, 6.07) is 10.3. The summed E-state index contributed by atoms with van der Waals surface area (Å²) in [7, 11) is -2.23. The number of nitrogens with zero attached hydrogens (tertiary/aromatic N) is 1. The number of aromatic nitrogens is 1. The molecule has 2 rings (SSSR count). The maximum atomic E-state index is 11.9. The molecule has 154 valence electrons. The minimum Gasteiger partial charge on any atom is -0.455 e. The van der Waals surface area contributed by atoms with Gasteiger partial charge in [0.25, 0.3) is 11.8 Å². The van der Waals surface area contributed by atoms with Crippen LogP contribution in [0.3, 0.4) is 0 Å². The van der Waals surface area contributed by atoms with E-state index in [4.69, 9.17) is 0 Å². The Morgan fingerprint density at radius 2 is 1.83 bits per heavy atom. The van der Waals surface area contributed by atoms with Gasteiger partial charge in [-0.15, -0.1) is 0 Å². The zero-order chi connectivity index (χ0) is 21.4. The standard InChI is InChI=1S/C19H21N3O6S/c1-14-5-7-15(8-6-14)9-11-29(26,27)20-12-18(24)28-13-17(23)21-19(25)16-4-3-10-22(16)2/h3-11,20H,12-13H2,1-2H3,(H,21,23,25). The van der Waals surface area contributed by atoms with Gasteiger partial charge in [0.15, 0.2) is 6.61 Å². The van der Waals surface area contributed by atoms with Crippen molar-refractivity contribution in [1.82, 2.24) is 14.6 Å². The number of hydrogen-bond acceptors (Lipinski definition) is 6. The monoisotopic (exact) mass is 419 g/mol. The molecular formula is C19H21N3O6S. The lowest BCUT2D eigenvalue weighted by Crippen LogP contribution is -2.36. The Morgan fingerprint density at radius 3 is 2.45 bits per heavy atom. The summed E-state index contributed by atoms with van der Waals surface area (Å²) >= 11 is 0. The number of imide groups is 1. The first-order chi connectivity index (χ1) is 13.7. The number of carbonyl (C=O) groups is 3. The molecule has 0 saturated carbocycles. The van der Waals surface area contributed by atoms with E-state index in [0.717, 1.165) is 11.0 Å². The average molecular weight is 419 g/mol. The molecule has 10 heteroatoms. The van der Waals surface area contributed by atoms with Crippen LogP contribution in [0.2, 0.25) is 0 Å². The van der Waals surface area contributed by atoms with E-state index < -0.39 is 41.0 Å². The summed E-state index contributed by atoms with van der Waals surface area (Å²) in [6.45, 7) is 0.546. The first-order valence-corrected chi connectivity index (χ1v) is 10.1. The highest BCUT2D eigenvalue weighted by molar-refractivity contribution is 7.92. The van der Waals surface area contributed by atoms with Gasteiger partial charge in [0.2, 0.25) is 10.0 Å². The van der Waals surface area contributed by atoms with Crippen molar-refractivity contribution in [2.75, 3.05) is 13.2 Å². The van der Waals surface area contributed by atoms with E-state index in [1.165, 1.54) is 16.7 Å². The third kappa shape index (κ3) is 7.35. The molecule has 2 amide bonds. The summed E-state index contributed by atoms with van der Waals surface area (Å²) in [5.74, 6) is -2.43. The van der Waals surface area contributed by atoms with E-state index in [-0.39, 0.29) is 5.69 Å². The molecule has 0 aliphatic heterocycles. The van der Waals surface area contributed by atoms with E-state index in [9.17, 15) is 22.8 Å². The van der Waals surface area contributed by atoms with Crippen molar-refractivity contribution in [3.8, 4) is 0 Å². The normalized spacial score (nSPS) is 11.4. The van der Waals surface area contributed by atoms with Gasteiger partial charge in [-0.25, -0.2) is 13.1 Å². The molecule has 0 atom stereocenters. The SMILES string of the molecule is Cc1ccc(C=CS(=O)(=O)NCC(=O)OCC(=O)NC(=O)c2cccn2C)cc1. The molecule has 0 fully saturated rings. The third-order valence-corrected chi connectivity index (χ3v) is 4.77. The van der Waals surface area contributed by atoms with Crippen LogP contribution in [0, 0.1) is 6.92 Å². The fraction of sp³-hybridized carbons (Fsp3) is 0.211. The van der Waals surface area contributed by atoms with Crippen LogP contribution >= 0.6 is 0 Å². The number of sulfonamides is 1. The van der Waals surface area contributed by atoms with Crippen molar-refractivity contribution in [2.45, 2.75) is 6.92 Å². The third-order valence-electron chi connectivity index (χ3n) is 3.73. The lowest BCUT2D eigenvalue weighted by atomic mass is 10.2. The Kier molecular flexibility index (Phi) is 7.46. The first kappa shape index (κ1) is 22.1. The van der Waals surface area contributed by atoms with E-state index in [2.05, 4.69) is 10.1 Å². The number of nitrogens with one attached hydrogen (secondary N) is 2. The molecule has 1 heterocycles. The number of benzene rings is 1. The van der Waals surface area contributed by atoms with Gasteiger partial charge in [0, 0.05) is 18.7 Å². The van der Waals surface area contributed by atoms with Crippen LogP contribution < -0.4 is 10.0 Å². The minimum atomic E-state index is -3.87. The van der Waals surface area contributed by atoms with Gasteiger partial charge in [-0.3, -0.25) is 19.7 Å². The van der Waals surface area contributed by atoms with Gasteiger partial charge >= 0.3 is 5.97 Å². The summed E-state index contributed by atoms with van der Waals surface area (Å²) in [4.78, 5) is 35.2. The topological polar surface area (TPSA) is 124 Å². The Balaban J connectivity index is 1.75. The lowest BCUT2D eigenvalue weighted by Gasteiger charge is -2.07. The van der Waals surface area contributed by atoms with Gasteiger partial charge < -0.3 is 9.30 Å². The number of aryl methyl sites for hydroxylation is 2. The maximum Gasteiger partial charge on any atom is 0.321 e. The number of hydrogen-bond donors (Lipinski definition) is 2. The van der Waals surface area contributed by atoms with Crippen molar-refractivity contribution < 1.29 is 27.5 Å². The minimum absolute atomic E-state index is 0.262. The maximum absolute atomic E-state index is 11.9. The summed E-state index contributed by atoms with van der Waals surface area (Å²) < 4.78 is 32.0. The molecule has 1 aromatic heterocycles. The molecule has 1 aromatic carbocycles. The fourth-order valence-corrected chi connectivity index (χ4v) is 2.93. The van der Waals surface area contributed by atoms with E-state index in [0.29, 0.717) is 5.56 Å². The highest BCUT2D eigenvalue weighted by Crippen LogP contribution is 2.06. The molecule has 0 unspecified atom stereocenters. The zero-order valence-electron chi connectivity index (χ0n) is 15.9. The first-order valence-electron chi connectivity index (χ1n) is 8.52. The molecular weight excluding hydrogens is 398 g/mol. The predicted octanol–water partition coefficient (Wildman–Crippen LogP) is 0.723. The molecule has 0 radical (unpaired) electrons. The summed E-state index contributed by atoms with van der Waals surface area (Å²) in [6.07, 6.45) is 3.02. The van der Waals surface area contributed by atoms with Gasteiger partial charge in [-0.2, -0.15) is 0 Å². The van der Waals surface area contributed by atoms with Gasteiger partial charge in [0.1, 0.15) is 12.2 Å². The number of carbonyl (C=O) groups excluding carboxylic acids is 3.